The van der Waals surface area contributed by atoms with Crippen molar-refractivity contribution in [3.05, 3.63) is 88.7 Å². The number of amides is 1. The first-order valence-corrected chi connectivity index (χ1v) is 11.8. The van der Waals surface area contributed by atoms with Crippen molar-refractivity contribution in [3.63, 3.8) is 0 Å². The first-order valence-electron chi connectivity index (χ1n) is 11.5. The quantitative estimate of drug-likeness (QED) is 0.315. The number of anilines is 1. The Labute approximate surface area is 219 Å². The highest BCUT2D eigenvalue weighted by atomic mass is 35.5. The summed E-state index contributed by atoms with van der Waals surface area (Å²) >= 11 is 6.12. The summed E-state index contributed by atoms with van der Waals surface area (Å²) in [6.45, 7) is 5.46. The number of carbonyl (C=O) groups is 3. The number of esters is 2. The normalized spacial score (nSPS) is 11.3. The highest BCUT2D eigenvalue weighted by molar-refractivity contribution is 6.33. The van der Waals surface area contributed by atoms with Crippen LogP contribution in [0.5, 0.6) is 0 Å². The second-order valence-corrected chi connectivity index (χ2v) is 9.81. The second kappa shape index (κ2) is 10.1. The number of carbonyl (C=O) groups excluding carboxylic acids is 3. The first kappa shape index (κ1) is 25.9. The lowest BCUT2D eigenvalue weighted by Crippen LogP contribution is -2.26. The minimum absolute atomic E-state index is 0.171. The summed E-state index contributed by atoms with van der Waals surface area (Å²) in [5, 5.41) is 4.62. The lowest BCUT2D eigenvalue weighted by atomic mass is 10.0. The molecule has 8 nitrogen and oxygen atoms in total. The van der Waals surface area contributed by atoms with Gasteiger partial charge in [-0.2, -0.15) is 5.10 Å². The molecule has 0 radical (unpaired) electrons. The molecule has 0 aliphatic rings. The minimum atomic E-state index is -0.587. The zero-order valence-corrected chi connectivity index (χ0v) is 21.9. The van der Waals surface area contributed by atoms with Crippen LogP contribution >= 0.6 is 11.6 Å². The zero-order valence-electron chi connectivity index (χ0n) is 21.1. The van der Waals surface area contributed by atoms with Crippen LogP contribution in [-0.2, 0) is 9.47 Å². The molecule has 0 fully saturated rings. The number of pyridine rings is 1. The highest BCUT2D eigenvalue weighted by Gasteiger charge is 2.20. The highest BCUT2D eigenvalue weighted by Crippen LogP contribution is 2.28. The number of hydrogen-bond acceptors (Lipinski definition) is 6. The number of aromatic nitrogens is 2. The van der Waals surface area contributed by atoms with E-state index in [9.17, 15) is 14.4 Å². The Balaban J connectivity index is 1.63. The zero-order chi connectivity index (χ0) is 26.9. The van der Waals surface area contributed by atoms with Crippen molar-refractivity contribution in [3.8, 4) is 11.1 Å². The number of methoxy groups -OCH3 is 1. The van der Waals surface area contributed by atoms with Crippen molar-refractivity contribution in [2.45, 2.75) is 26.4 Å². The maximum atomic E-state index is 13.3. The molecule has 1 amide bonds. The molecule has 9 heteroatoms. The molecular weight excluding hydrogens is 494 g/mol. The van der Waals surface area contributed by atoms with Crippen LogP contribution in [0, 0.1) is 0 Å². The molecule has 0 spiro atoms. The average molecular weight is 520 g/mol. The van der Waals surface area contributed by atoms with Crippen molar-refractivity contribution in [2.75, 3.05) is 19.1 Å². The number of fused-ring (bicyclic) bond motifs is 1. The molecule has 190 valence electrons. The van der Waals surface area contributed by atoms with Crippen molar-refractivity contribution in [1.82, 2.24) is 9.61 Å². The van der Waals surface area contributed by atoms with Crippen LogP contribution < -0.4 is 4.90 Å². The molecule has 4 rings (SSSR count). The molecule has 0 unspecified atom stereocenters. The fraction of sp³-hybridized carbons (Fsp3) is 0.214. The third kappa shape index (κ3) is 5.49. The Morgan fingerprint density at radius 1 is 0.946 bits per heavy atom. The van der Waals surface area contributed by atoms with Crippen molar-refractivity contribution < 1.29 is 23.9 Å². The molecule has 0 atom stereocenters. The molecule has 0 aliphatic carbocycles. The third-order valence-corrected chi connectivity index (χ3v) is 5.98. The standard InChI is InChI=1S/C28H26ClN3O5/c1-28(2,3)37-26(34)18-8-6-17(7-9-18)22-16-30-32-13-12-19(14-24(22)32)25(33)31(4)20-10-11-23(29)21(15-20)27(35)36-5/h6-16H,1-5H3. The second-order valence-electron chi connectivity index (χ2n) is 9.40. The van der Waals surface area contributed by atoms with E-state index in [4.69, 9.17) is 21.1 Å². The summed E-state index contributed by atoms with van der Waals surface area (Å²) < 4.78 is 11.9. The number of rotatable bonds is 5. The van der Waals surface area contributed by atoms with Gasteiger partial charge in [-0.3, -0.25) is 4.79 Å². The molecule has 0 saturated heterocycles. The lowest BCUT2D eigenvalue weighted by Gasteiger charge is -2.19. The van der Waals surface area contributed by atoms with E-state index in [1.807, 2.05) is 32.9 Å². The predicted molar refractivity (Wildman–Crippen MR) is 141 cm³/mol. The Hall–Kier alpha value is -4.17. The largest absolute Gasteiger partial charge is 0.465 e. The number of hydrogen-bond donors (Lipinski definition) is 0. The molecule has 0 saturated carbocycles. The maximum absolute atomic E-state index is 13.3. The summed E-state index contributed by atoms with van der Waals surface area (Å²) in [6.07, 6.45) is 3.41. The van der Waals surface area contributed by atoms with Crippen molar-refractivity contribution in [1.29, 1.82) is 0 Å². The summed E-state index contributed by atoms with van der Waals surface area (Å²) in [5.74, 6) is -1.27. The summed E-state index contributed by atoms with van der Waals surface area (Å²) in [5.41, 5.74) is 3.30. The van der Waals surface area contributed by atoms with Crippen LogP contribution in [0.15, 0.2) is 67.0 Å². The number of nitrogens with zero attached hydrogens (tertiary/aromatic N) is 3. The molecular formula is C28H26ClN3O5. The molecule has 2 aromatic carbocycles. The molecule has 4 aromatic rings. The number of halogens is 1. The molecule has 2 aromatic heterocycles. The van der Waals surface area contributed by atoms with Gasteiger partial charge in [-0.05, 0) is 68.8 Å². The van der Waals surface area contributed by atoms with Gasteiger partial charge in [-0.15, -0.1) is 0 Å². The van der Waals surface area contributed by atoms with Gasteiger partial charge >= 0.3 is 11.9 Å². The van der Waals surface area contributed by atoms with Gasteiger partial charge in [0.2, 0.25) is 0 Å². The van der Waals surface area contributed by atoms with E-state index in [0.717, 1.165) is 16.6 Å². The van der Waals surface area contributed by atoms with Gasteiger partial charge in [-0.1, -0.05) is 23.7 Å². The fourth-order valence-electron chi connectivity index (χ4n) is 3.76. The topological polar surface area (TPSA) is 90.2 Å². The molecule has 0 bridgehead atoms. The van der Waals surface area contributed by atoms with E-state index in [1.165, 1.54) is 18.1 Å². The van der Waals surface area contributed by atoms with Crippen LogP contribution in [0.3, 0.4) is 0 Å². The maximum Gasteiger partial charge on any atom is 0.339 e. The van der Waals surface area contributed by atoms with Crippen molar-refractivity contribution >= 4 is 40.7 Å². The van der Waals surface area contributed by atoms with Gasteiger partial charge < -0.3 is 14.4 Å². The molecule has 37 heavy (non-hydrogen) atoms. The first-order chi connectivity index (χ1) is 17.5. The van der Waals surface area contributed by atoms with E-state index in [0.29, 0.717) is 16.8 Å². The SMILES string of the molecule is COC(=O)c1cc(N(C)C(=O)c2ccn3ncc(-c4ccc(C(=O)OC(C)(C)C)cc4)c3c2)ccc1Cl. The number of ether oxygens (including phenoxy) is 2. The van der Waals surface area contributed by atoms with Crippen molar-refractivity contribution in [2.24, 2.45) is 0 Å². The van der Waals surface area contributed by atoms with Crippen LogP contribution in [-0.4, -0.2) is 47.2 Å². The third-order valence-electron chi connectivity index (χ3n) is 5.65. The van der Waals surface area contributed by atoms with Gasteiger partial charge in [-0.25, -0.2) is 14.1 Å². The molecule has 0 N–H and O–H groups in total. The molecule has 2 heterocycles. The lowest BCUT2D eigenvalue weighted by molar-refractivity contribution is 0.00692. The summed E-state index contributed by atoms with van der Waals surface area (Å²) in [6, 6.07) is 15.2. The van der Waals surface area contributed by atoms with E-state index in [1.54, 1.807) is 60.4 Å². The average Bonchev–Trinajstić information content (AvgIpc) is 3.30. The van der Waals surface area contributed by atoms with Gasteiger partial charge in [0, 0.05) is 30.1 Å². The van der Waals surface area contributed by atoms with Gasteiger partial charge in [0.1, 0.15) is 5.60 Å². The smallest absolute Gasteiger partial charge is 0.339 e. The van der Waals surface area contributed by atoms with Gasteiger partial charge in [0.15, 0.2) is 0 Å². The van der Waals surface area contributed by atoms with E-state index in [2.05, 4.69) is 5.10 Å². The van der Waals surface area contributed by atoms with Gasteiger partial charge in [0.25, 0.3) is 5.91 Å². The Morgan fingerprint density at radius 3 is 2.30 bits per heavy atom. The van der Waals surface area contributed by atoms with E-state index in [-0.39, 0.29) is 16.5 Å². The Kier molecular flexibility index (Phi) is 7.05. The van der Waals surface area contributed by atoms with Crippen LogP contribution in [0.4, 0.5) is 5.69 Å². The van der Waals surface area contributed by atoms with Crippen LogP contribution in [0.2, 0.25) is 5.02 Å². The predicted octanol–water partition coefficient (Wildman–Crippen LogP) is 5.67. The summed E-state index contributed by atoms with van der Waals surface area (Å²) in [7, 11) is 2.88. The molecule has 0 aliphatic heterocycles. The van der Waals surface area contributed by atoms with E-state index < -0.39 is 17.5 Å². The van der Waals surface area contributed by atoms with Gasteiger partial charge in [0.05, 0.1) is 35.0 Å². The fourth-order valence-corrected chi connectivity index (χ4v) is 3.95. The number of benzene rings is 2. The van der Waals surface area contributed by atoms with E-state index >= 15 is 0 Å². The van der Waals surface area contributed by atoms with Crippen LogP contribution in [0.1, 0.15) is 51.8 Å². The monoisotopic (exact) mass is 519 g/mol. The van der Waals surface area contributed by atoms with Crippen LogP contribution in [0.25, 0.3) is 16.6 Å². The Morgan fingerprint density at radius 2 is 1.65 bits per heavy atom. The minimum Gasteiger partial charge on any atom is -0.465 e. The summed E-state index contributed by atoms with van der Waals surface area (Å²) in [4.78, 5) is 39.1. The Bertz CT molecular complexity index is 1500.